The Balaban J connectivity index is 1.48. The molecule has 8 nitrogen and oxygen atoms in total. The second kappa shape index (κ2) is 8.14. The van der Waals surface area contributed by atoms with Gasteiger partial charge < -0.3 is 4.90 Å². The number of hydrogen-bond acceptors (Lipinski definition) is 5. The van der Waals surface area contributed by atoms with Crippen LogP contribution in [0.5, 0.6) is 0 Å². The normalized spacial score (nSPS) is 17.9. The Morgan fingerprint density at radius 3 is 2.39 bits per heavy atom. The quantitative estimate of drug-likeness (QED) is 0.731. The molecule has 2 aliphatic heterocycles. The minimum absolute atomic E-state index is 0.172. The molecule has 8 heteroatoms. The highest BCUT2D eigenvalue weighted by atomic mass is 16.2. The summed E-state index contributed by atoms with van der Waals surface area (Å²) in [6, 6.07) is 10.9. The van der Waals surface area contributed by atoms with Gasteiger partial charge in [0.1, 0.15) is 6.04 Å². The number of imide groups is 2. The average Bonchev–Trinajstić information content (AvgIpc) is 3.09. The number of fused-ring (bicyclic) bond motifs is 1. The van der Waals surface area contributed by atoms with E-state index in [2.05, 4.69) is 10.6 Å². The van der Waals surface area contributed by atoms with E-state index in [-0.39, 0.29) is 36.8 Å². The number of carbonyl (C=O) groups excluding carboxylic acids is 5. The minimum Gasteiger partial charge on any atom is -0.322 e. The molecule has 0 aromatic heterocycles. The summed E-state index contributed by atoms with van der Waals surface area (Å²) in [5.41, 5.74) is 2.63. The molecule has 2 aliphatic rings. The van der Waals surface area contributed by atoms with Crippen molar-refractivity contribution in [2.75, 3.05) is 0 Å². The number of benzene rings is 2. The molecule has 2 aromatic carbocycles. The zero-order valence-corrected chi connectivity index (χ0v) is 16.9. The van der Waals surface area contributed by atoms with E-state index < -0.39 is 23.8 Å². The van der Waals surface area contributed by atoms with Gasteiger partial charge in [0.25, 0.3) is 17.7 Å². The third-order valence-electron chi connectivity index (χ3n) is 5.64. The van der Waals surface area contributed by atoms with Crippen molar-refractivity contribution >= 4 is 29.5 Å². The Morgan fingerprint density at radius 2 is 1.71 bits per heavy atom. The number of amides is 5. The van der Waals surface area contributed by atoms with Crippen molar-refractivity contribution in [1.82, 2.24) is 15.5 Å². The van der Waals surface area contributed by atoms with Gasteiger partial charge in [-0.05, 0) is 48.2 Å². The molecule has 1 atom stereocenters. The lowest BCUT2D eigenvalue weighted by Crippen LogP contribution is -2.52. The van der Waals surface area contributed by atoms with Crippen LogP contribution < -0.4 is 10.6 Å². The van der Waals surface area contributed by atoms with Crippen molar-refractivity contribution < 1.29 is 24.0 Å². The molecular weight excluding hydrogens is 398 g/mol. The number of hydrogen-bond donors (Lipinski definition) is 2. The van der Waals surface area contributed by atoms with Crippen LogP contribution in [0.4, 0.5) is 0 Å². The van der Waals surface area contributed by atoms with Crippen molar-refractivity contribution in [1.29, 1.82) is 0 Å². The molecule has 4 rings (SSSR count). The third kappa shape index (κ3) is 3.96. The van der Waals surface area contributed by atoms with Crippen LogP contribution in [0.15, 0.2) is 42.5 Å². The highest BCUT2D eigenvalue weighted by Crippen LogP contribution is 2.28. The highest BCUT2D eigenvalue weighted by Gasteiger charge is 2.39. The van der Waals surface area contributed by atoms with Gasteiger partial charge in [-0.2, -0.15) is 0 Å². The van der Waals surface area contributed by atoms with Crippen LogP contribution in [0.1, 0.15) is 62.0 Å². The fourth-order valence-electron chi connectivity index (χ4n) is 3.84. The first-order valence-corrected chi connectivity index (χ1v) is 10.1. The Morgan fingerprint density at radius 1 is 1.03 bits per heavy atom. The van der Waals surface area contributed by atoms with Crippen LogP contribution >= 0.6 is 0 Å². The maximum atomic E-state index is 12.9. The molecule has 1 unspecified atom stereocenters. The number of piperidine rings is 1. The number of rotatable bonds is 4. The molecule has 2 aromatic rings. The Labute approximate surface area is 178 Å². The van der Waals surface area contributed by atoms with Crippen molar-refractivity contribution in [2.45, 2.75) is 38.8 Å². The lowest BCUT2D eigenvalue weighted by Gasteiger charge is -2.29. The van der Waals surface area contributed by atoms with Crippen LogP contribution in [0.3, 0.4) is 0 Å². The summed E-state index contributed by atoms with van der Waals surface area (Å²) < 4.78 is 0. The van der Waals surface area contributed by atoms with Gasteiger partial charge >= 0.3 is 0 Å². The van der Waals surface area contributed by atoms with Gasteiger partial charge in [0, 0.05) is 29.7 Å². The van der Waals surface area contributed by atoms with E-state index in [1.807, 2.05) is 19.1 Å². The number of carbonyl (C=O) groups is 5. The number of aryl methyl sites for hydroxylation is 1. The van der Waals surface area contributed by atoms with Gasteiger partial charge in [0.2, 0.25) is 11.8 Å². The molecular formula is C23H21N3O5. The molecule has 0 bridgehead atoms. The van der Waals surface area contributed by atoms with Crippen molar-refractivity contribution in [3.8, 4) is 0 Å². The Hall–Kier alpha value is -3.81. The molecule has 0 radical (unpaired) electrons. The predicted molar refractivity (Wildman–Crippen MR) is 110 cm³/mol. The van der Waals surface area contributed by atoms with E-state index in [1.54, 1.807) is 24.3 Å². The van der Waals surface area contributed by atoms with E-state index >= 15 is 0 Å². The van der Waals surface area contributed by atoms with Gasteiger partial charge in [-0.25, -0.2) is 0 Å². The van der Waals surface area contributed by atoms with Gasteiger partial charge in [-0.3, -0.25) is 34.6 Å². The lowest BCUT2D eigenvalue weighted by molar-refractivity contribution is -0.136. The monoisotopic (exact) mass is 419 g/mol. The summed E-state index contributed by atoms with van der Waals surface area (Å²) in [6.45, 7) is 2.24. The van der Waals surface area contributed by atoms with E-state index in [0.29, 0.717) is 16.7 Å². The Bertz CT molecular complexity index is 1110. The predicted octanol–water partition coefficient (Wildman–Crippen LogP) is 1.58. The molecule has 5 amide bonds. The molecule has 1 saturated heterocycles. The van der Waals surface area contributed by atoms with Crippen molar-refractivity contribution in [2.24, 2.45) is 0 Å². The first kappa shape index (κ1) is 20.5. The smallest absolute Gasteiger partial charge is 0.258 e. The van der Waals surface area contributed by atoms with Gasteiger partial charge in [0.15, 0.2) is 0 Å². The fourth-order valence-corrected chi connectivity index (χ4v) is 3.84. The van der Waals surface area contributed by atoms with Crippen LogP contribution in [0, 0.1) is 0 Å². The summed E-state index contributed by atoms with van der Waals surface area (Å²) >= 11 is 0. The maximum absolute atomic E-state index is 12.9. The maximum Gasteiger partial charge on any atom is 0.258 e. The molecule has 2 N–H and O–H groups in total. The topological polar surface area (TPSA) is 113 Å². The first-order chi connectivity index (χ1) is 14.9. The number of nitrogens with zero attached hydrogens (tertiary/aromatic N) is 1. The van der Waals surface area contributed by atoms with Crippen LogP contribution in [0.2, 0.25) is 0 Å². The van der Waals surface area contributed by atoms with E-state index in [9.17, 15) is 24.0 Å². The standard InChI is InChI=1S/C23H21N3O5/c1-2-13-3-5-14(6-4-13)20(28)25-21(29)15-7-8-16-12-26(23(31)17(16)11-15)18-9-10-19(27)24-22(18)30/h3-8,11,18H,2,9-10,12H2,1H3,(H,24,27,30)(H,25,28,29). The summed E-state index contributed by atoms with van der Waals surface area (Å²) in [5, 5.41) is 4.59. The van der Waals surface area contributed by atoms with Crippen molar-refractivity contribution in [3.05, 3.63) is 70.3 Å². The van der Waals surface area contributed by atoms with Crippen LogP contribution in [0.25, 0.3) is 0 Å². The summed E-state index contributed by atoms with van der Waals surface area (Å²) in [5.74, 6) is -2.35. The summed E-state index contributed by atoms with van der Waals surface area (Å²) in [6.07, 6.45) is 1.29. The molecule has 2 heterocycles. The van der Waals surface area contributed by atoms with Crippen LogP contribution in [-0.2, 0) is 22.6 Å². The molecule has 0 spiro atoms. The summed E-state index contributed by atoms with van der Waals surface area (Å²) in [7, 11) is 0. The molecule has 158 valence electrons. The molecule has 31 heavy (non-hydrogen) atoms. The third-order valence-corrected chi connectivity index (χ3v) is 5.64. The van der Waals surface area contributed by atoms with Gasteiger partial charge in [0.05, 0.1) is 0 Å². The van der Waals surface area contributed by atoms with E-state index in [1.165, 1.54) is 11.0 Å². The zero-order valence-electron chi connectivity index (χ0n) is 16.9. The SMILES string of the molecule is CCc1ccc(C(=O)NC(=O)c2ccc3c(c2)C(=O)N(C2CCC(=O)NC2=O)C3)cc1. The number of nitrogens with one attached hydrogen (secondary N) is 2. The minimum atomic E-state index is -0.720. The van der Waals surface area contributed by atoms with E-state index in [0.717, 1.165) is 12.0 Å². The fraction of sp³-hybridized carbons (Fsp3) is 0.261. The molecule has 0 saturated carbocycles. The second-order valence-electron chi connectivity index (χ2n) is 7.61. The highest BCUT2D eigenvalue weighted by molar-refractivity contribution is 6.12. The largest absolute Gasteiger partial charge is 0.322 e. The second-order valence-corrected chi connectivity index (χ2v) is 7.61. The lowest BCUT2D eigenvalue weighted by atomic mass is 10.0. The van der Waals surface area contributed by atoms with E-state index in [4.69, 9.17) is 0 Å². The zero-order chi connectivity index (χ0) is 22.1. The van der Waals surface area contributed by atoms with Gasteiger partial charge in [-0.1, -0.05) is 25.1 Å². The molecule has 1 fully saturated rings. The van der Waals surface area contributed by atoms with Crippen LogP contribution in [-0.4, -0.2) is 40.5 Å². The first-order valence-electron chi connectivity index (χ1n) is 10.1. The summed E-state index contributed by atoms with van der Waals surface area (Å²) in [4.78, 5) is 62.7. The van der Waals surface area contributed by atoms with Crippen molar-refractivity contribution in [3.63, 3.8) is 0 Å². The average molecular weight is 419 g/mol. The Kier molecular flexibility index (Phi) is 5.37. The molecule has 0 aliphatic carbocycles. The van der Waals surface area contributed by atoms with Gasteiger partial charge in [-0.15, -0.1) is 0 Å².